The molecule has 0 aliphatic carbocycles. The summed E-state index contributed by atoms with van der Waals surface area (Å²) in [4.78, 5) is 16.6. The second kappa shape index (κ2) is 7.10. The highest BCUT2D eigenvalue weighted by Gasteiger charge is 2.23. The van der Waals surface area contributed by atoms with Gasteiger partial charge < -0.3 is 14.8 Å². The Morgan fingerprint density at radius 1 is 1.39 bits per heavy atom. The first kappa shape index (κ1) is 15.9. The van der Waals surface area contributed by atoms with Crippen LogP contribution in [0.5, 0.6) is 0 Å². The Labute approximate surface area is 139 Å². The summed E-state index contributed by atoms with van der Waals surface area (Å²) in [6.45, 7) is 6.20. The van der Waals surface area contributed by atoms with Gasteiger partial charge in [0.25, 0.3) is 0 Å². The number of carbonyl (C=O) groups is 1. The molecular weight excluding hydrogens is 312 g/mol. The number of thiophene rings is 1. The number of piperazine rings is 1. The minimum absolute atomic E-state index is 0.0318. The molecule has 1 aliphatic heterocycles. The summed E-state index contributed by atoms with van der Waals surface area (Å²) >= 11 is 1.73. The van der Waals surface area contributed by atoms with E-state index in [1.807, 2.05) is 23.4 Å². The summed E-state index contributed by atoms with van der Waals surface area (Å²) in [7, 11) is 1.88. The van der Waals surface area contributed by atoms with E-state index in [0.29, 0.717) is 0 Å². The lowest BCUT2D eigenvalue weighted by Crippen LogP contribution is -2.51. The number of rotatable bonds is 4. The van der Waals surface area contributed by atoms with E-state index in [1.165, 1.54) is 5.56 Å². The lowest BCUT2D eigenvalue weighted by molar-refractivity contribution is 0.133. The van der Waals surface area contributed by atoms with Crippen molar-refractivity contribution >= 4 is 17.4 Å². The molecule has 3 heterocycles. The van der Waals surface area contributed by atoms with Crippen molar-refractivity contribution in [3.05, 3.63) is 34.5 Å². The number of hydrogen-bond donors (Lipinski definition) is 1. The Balaban J connectivity index is 1.47. The minimum Gasteiger partial charge on any atom is -0.328 e. The van der Waals surface area contributed by atoms with Crippen molar-refractivity contribution in [2.45, 2.75) is 19.5 Å². The first-order valence-electron chi connectivity index (χ1n) is 7.76. The lowest BCUT2D eigenvalue weighted by Gasteiger charge is -2.35. The standard InChI is InChI=1S/C15H22N6OS/c1-12(14-18-16-11-19(14)2)17-15(22)21-6-4-20(5-7-21)9-13-3-8-23-10-13/h3,8,10-12H,4-7,9H2,1-2H3,(H,17,22)/t12-/m0/s1. The molecule has 124 valence electrons. The highest BCUT2D eigenvalue weighted by Crippen LogP contribution is 2.13. The van der Waals surface area contributed by atoms with Crippen LogP contribution in [0.2, 0.25) is 0 Å². The molecule has 3 rings (SSSR count). The van der Waals surface area contributed by atoms with Gasteiger partial charge >= 0.3 is 6.03 Å². The minimum atomic E-state index is -0.154. The predicted octanol–water partition coefficient (Wildman–Crippen LogP) is 1.46. The molecule has 0 aromatic carbocycles. The van der Waals surface area contributed by atoms with Gasteiger partial charge in [-0.2, -0.15) is 11.3 Å². The molecule has 2 aromatic rings. The van der Waals surface area contributed by atoms with Crippen molar-refractivity contribution in [2.24, 2.45) is 7.05 Å². The van der Waals surface area contributed by atoms with Gasteiger partial charge in [-0.15, -0.1) is 10.2 Å². The average molecular weight is 334 g/mol. The molecule has 1 atom stereocenters. The van der Waals surface area contributed by atoms with Gasteiger partial charge in [-0.05, 0) is 29.3 Å². The highest BCUT2D eigenvalue weighted by molar-refractivity contribution is 7.07. The van der Waals surface area contributed by atoms with Crippen LogP contribution in [0, 0.1) is 0 Å². The van der Waals surface area contributed by atoms with Crippen LogP contribution in [0.25, 0.3) is 0 Å². The molecule has 1 fully saturated rings. The van der Waals surface area contributed by atoms with Crippen LogP contribution in [0.1, 0.15) is 24.4 Å². The fourth-order valence-corrected chi connectivity index (χ4v) is 3.43. The van der Waals surface area contributed by atoms with Gasteiger partial charge in [0.1, 0.15) is 6.33 Å². The van der Waals surface area contributed by atoms with Crippen LogP contribution in [0.4, 0.5) is 4.79 Å². The maximum atomic E-state index is 12.4. The van der Waals surface area contributed by atoms with Crippen LogP contribution >= 0.6 is 11.3 Å². The van der Waals surface area contributed by atoms with Crippen molar-refractivity contribution < 1.29 is 4.79 Å². The van der Waals surface area contributed by atoms with E-state index in [2.05, 4.69) is 37.2 Å². The Morgan fingerprint density at radius 2 is 2.17 bits per heavy atom. The second-order valence-electron chi connectivity index (χ2n) is 5.87. The first-order valence-corrected chi connectivity index (χ1v) is 8.70. The van der Waals surface area contributed by atoms with E-state index in [4.69, 9.17) is 0 Å². The number of nitrogens with zero attached hydrogens (tertiary/aromatic N) is 5. The monoisotopic (exact) mass is 334 g/mol. The summed E-state index contributed by atoms with van der Waals surface area (Å²) in [6, 6.07) is 1.97. The van der Waals surface area contributed by atoms with Crippen LogP contribution in [-0.4, -0.2) is 56.8 Å². The smallest absolute Gasteiger partial charge is 0.318 e. The number of carbonyl (C=O) groups excluding carboxylic acids is 1. The third kappa shape index (κ3) is 3.89. The van der Waals surface area contributed by atoms with Crippen LogP contribution in [-0.2, 0) is 13.6 Å². The van der Waals surface area contributed by atoms with Crippen molar-refractivity contribution in [1.82, 2.24) is 29.9 Å². The summed E-state index contributed by atoms with van der Waals surface area (Å²) < 4.78 is 1.82. The zero-order valence-electron chi connectivity index (χ0n) is 13.5. The molecule has 23 heavy (non-hydrogen) atoms. The van der Waals surface area contributed by atoms with Crippen LogP contribution < -0.4 is 5.32 Å². The number of amides is 2. The van der Waals surface area contributed by atoms with Crippen LogP contribution in [0.3, 0.4) is 0 Å². The summed E-state index contributed by atoms with van der Waals surface area (Å²) in [6.07, 6.45) is 1.64. The second-order valence-corrected chi connectivity index (χ2v) is 6.65. The summed E-state index contributed by atoms with van der Waals surface area (Å²) in [5.74, 6) is 0.759. The van der Waals surface area contributed by atoms with E-state index in [-0.39, 0.29) is 12.1 Å². The zero-order chi connectivity index (χ0) is 16.2. The number of nitrogens with one attached hydrogen (secondary N) is 1. The molecule has 2 aromatic heterocycles. The topological polar surface area (TPSA) is 66.3 Å². The SMILES string of the molecule is C[C@H](NC(=O)N1CCN(Cc2ccsc2)CC1)c1nncn1C. The van der Waals surface area contributed by atoms with Gasteiger partial charge in [-0.1, -0.05) is 0 Å². The maximum absolute atomic E-state index is 12.4. The van der Waals surface area contributed by atoms with Crippen molar-refractivity contribution in [3.63, 3.8) is 0 Å². The lowest BCUT2D eigenvalue weighted by atomic mass is 10.2. The number of aryl methyl sites for hydroxylation is 1. The number of urea groups is 1. The fraction of sp³-hybridized carbons (Fsp3) is 0.533. The molecule has 1 N–H and O–H groups in total. The van der Waals surface area contributed by atoms with Gasteiger partial charge in [0.2, 0.25) is 0 Å². The average Bonchev–Trinajstić information content (AvgIpc) is 3.19. The normalized spacial score (nSPS) is 17.2. The number of aromatic nitrogens is 3. The van der Waals surface area contributed by atoms with E-state index in [1.54, 1.807) is 17.7 Å². The first-order chi connectivity index (χ1) is 11.1. The molecule has 1 saturated heterocycles. The highest BCUT2D eigenvalue weighted by atomic mass is 32.1. The molecule has 0 bridgehead atoms. The number of hydrogen-bond acceptors (Lipinski definition) is 5. The largest absolute Gasteiger partial charge is 0.328 e. The fourth-order valence-electron chi connectivity index (χ4n) is 2.78. The van der Waals surface area contributed by atoms with Crippen molar-refractivity contribution in [1.29, 1.82) is 0 Å². The molecule has 0 saturated carbocycles. The summed E-state index contributed by atoms with van der Waals surface area (Å²) in [5, 5.41) is 15.2. The van der Waals surface area contributed by atoms with Gasteiger partial charge in [0.15, 0.2) is 5.82 Å². The van der Waals surface area contributed by atoms with Crippen molar-refractivity contribution in [2.75, 3.05) is 26.2 Å². The quantitative estimate of drug-likeness (QED) is 0.919. The van der Waals surface area contributed by atoms with Gasteiger partial charge in [-0.25, -0.2) is 4.79 Å². The van der Waals surface area contributed by atoms with Gasteiger partial charge in [0.05, 0.1) is 6.04 Å². The van der Waals surface area contributed by atoms with Gasteiger partial charge in [-0.3, -0.25) is 4.90 Å². The molecule has 0 radical (unpaired) electrons. The third-order valence-electron chi connectivity index (χ3n) is 4.12. The predicted molar refractivity (Wildman–Crippen MR) is 89.1 cm³/mol. The van der Waals surface area contributed by atoms with Crippen LogP contribution in [0.15, 0.2) is 23.2 Å². The molecule has 0 unspecified atom stereocenters. The summed E-state index contributed by atoms with van der Waals surface area (Å²) in [5.41, 5.74) is 1.35. The Kier molecular flexibility index (Phi) is 4.92. The Bertz CT molecular complexity index is 632. The van der Waals surface area contributed by atoms with Crippen molar-refractivity contribution in [3.8, 4) is 0 Å². The molecule has 7 nitrogen and oxygen atoms in total. The van der Waals surface area contributed by atoms with E-state index < -0.39 is 0 Å². The van der Waals surface area contributed by atoms with Gasteiger partial charge in [0, 0.05) is 39.8 Å². The molecule has 1 aliphatic rings. The zero-order valence-corrected chi connectivity index (χ0v) is 14.3. The van der Waals surface area contributed by atoms with E-state index >= 15 is 0 Å². The third-order valence-corrected chi connectivity index (χ3v) is 4.85. The Morgan fingerprint density at radius 3 is 2.78 bits per heavy atom. The maximum Gasteiger partial charge on any atom is 0.318 e. The Hall–Kier alpha value is -1.93. The molecular formula is C15H22N6OS. The molecule has 2 amide bonds. The molecule has 0 spiro atoms. The van der Waals surface area contributed by atoms with E-state index in [0.717, 1.165) is 38.5 Å². The molecule has 8 heteroatoms. The van der Waals surface area contributed by atoms with E-state index in [9.17, 15) is 4.79 Å².